The van der Waals surface area contributed by atoms with E-state index in [0.29, 0.717) is 17.8 Å². The molecule has 0 bridgehead atoms. The molecule has 0 saturated carbocycles. The minimum absolute atomic E-state index is 0.136. The zero-order chi connectivity index (χ0) is 15.7. The SMILES string of the molecule is Cc1noc([C@@H](C)N2CCCC[C@@H]2Cn2nc(C)nc2C)n1. The van der Waals surface area contributed by atoms with Gasteiger partial charge in [-0.05, 0) is 47.1 Å². The summed E-state index contributed by atoms with van der Waals surface area (Å²) in [7, 11) is 0. The molecule has 0 amide bonds. The van der Waals surface area contributed by atoms with E-state index in [2.05, 4.69) is 32.0 Å². The van der Waals surface area contributed by atoms with E-state index in [4.69, 9.17) is 4.52 Å². The van der Waals surface area contributed by atoms with Crippen molar-refractivity contribution >= 4 is 0 Å². The number of rotatable bonds is 4. The molecule has 1 fully saturated rings. The monoisotopic (exact) mass is 304 g/mol. The van der Waals surface area contributed by atoms with E-state index < -0.39 is 0 Å². The van der Waals surface area contributed by atoms with E-state index in [1.54, 1.807) is 0 Å². The summed E-state index contributed by atoms with van der Waals surface area (Å²) in [6.45, 7) is 9.87. The molecule has 2 aromatic rings. The molecule has 2 atom stereocenters. The molecule has 2 aromatic heterocycles. The molecule has 22 heavy (non-hydrogen) atoms. The summed E-state index contributed by atoms with van der Waals surface area (Å²) in [4.78, 5) is 11.3. The third kappa shape index (κ3) is 3.04. The van der Waals surface area contributed by atoms with Crippen molar-refractivity contribution in [2.45, 2.75) is 65.6 Å². The molecule has 0 N–H and O–H groups in total. The standard InChI is InChI=1S/C15H24N6O/c1-10(15-17-12(3)19-22-15)20-8-6-5-7-14(20)9-21-13(4)16-11(2)18-21/h10,14H,5-9H2,1-4H3/t10-,14-/m1/s1. The van der Waals surface area contributed by atoms with Gasteiger partial charge in [-0.1, -0.05) is 11.6 Å². The third-order valence-electron chi connectivity index (χ3n) is 4.42. The van der Waals surface area contributed by atoms with Gasteiger partial charge in [-0.2, -0.15) is 10.1 Å². The van der Waals surface area contributed by atoms with Gasteiger partial charge in [0.15, 0.2) is 5.82 Å². The van der Waals surface area contributed by atoms with Crippen LogP contribution in [0, 0.1) is 20.8 Å². The van der Waals surface area contributed by atoms with Gasteiger partial charge in [0.2, 0.25) is 5.89 Å². The number of likely N-dealkylation sites (tertiary alicyclic amines) is 1. The zero-order valence-electron chi connectivity index (χ0n) is 13.8. The fourth-order valence-electron chi connectivity index (χ4n) is 3.29. The van der Waals surface area contributed by atoms with E-state index in [1.165, 1.54) is 12.8 Å². The number of aryl methyl sites for hydroxylation is 3. The quantitative estimate of drug-likeness (QED) is 0.862. The fraction of sp³-hybridized carbons (Fsp3) is 0.733. The maximum Gasteiger partial charge on any atom is 0.243 e. The van der Waals surface area contributed by atoms with Crippen molar-refractivity contribution in [2.24, 2.45) is 0 Å². The average molecular weight is 304 g/mol. The van der Waals surface area contributed by atoms with Crippen molar-refractivity contribution < 1.29 is 4.52 Å². The van der Waals surface area contributed by atoms with E-state index in [1.807, 2.05) is 25.5 Å². The lowest BCUT2D eigenvalue weighted by Gasteiger charge is -2.38. The molecule has 1 saturated heterocycles. The van der Waals surface area contributed by atoms with Gasteiger partial charge in [-0.15, -0.1) is 0 Å². The molecule has 0 aliphatic carbocycles. The fourth-order valence-corrected chi connectivity index (χ4v) is 3.29. The molecule has 3 rings (SSSR count). The Bertz CT molecular complexity index is 634. The highest BCUT2D eigenvalue weighted by molar-refractivity contribution is 4.95. The first-order valence-electron chi connectivity index (χ1n) is 7.98. The maximum absolute atomic E-state index is 5.37. The van der Waals surface area contributed by atoms with E-state index in [9.17, 15) is 0 Å². The van der Waals surface area contributed by atoms with Crippen LogP contribution in [0.25, 0.3) is 0 Å². The first kappa shape index (κ1) is 15.1. The summed E-state index contributed by atoms with van der Waals surface area (Å²) in [6.07, 6.45) is 3.63. The second-order valence-electron chi connectivity index (χ2n) is 6.13. The summed E-state index contributed by atoms with van der Waals surface area (Å²) in [5.41, 5.74) is 0. The lowest BCUT2D eigenvalue weighted by Crippen LogP contribution is -2.43. The average Bonchev–Trinajstić information content (AvgIpc) is 3.05. The normalized spacial score (nSPS) is 21.2. The summed E-state index contributed by atoms with van der Waals surface area (Å²) in [6, 6.07) is 0.562. The molecule has 0 radical (unpaired) electrons. The predicted octanol–water partition coefficient (Wildman–Crippen LogP) is 2.20. The number of aromatic nitrogens is 5. The molecule has 0 unspecified atom stereocenters. The van der Waals surface area contributed by atoms with Gasteiger partial charge in [-0.25, -0.2) is 9.67 Å². The molecule has 7 nitrogen and oxygen atoms in total. The molecular weight excluding hydrogens is 280 g/mol. The van der Waals surface area contributed by atoms with Crippen LogP contribution in [0.4, 0.5) is 0 Å². The third-order valence-corrected chi connectivity index (χ3v) is 4.42. The predicted molar refractivity (Wildman–Crippen MR) is 81.3 cm³/mol. The Kier molecular flexibility index (Phi) is 4.24. The van der Waals surface area contributed by atoms with Crippen LogP contribution in [-0.4, -0.2) is 42.4 Å². The molecule has 1 aliphatic heterocycles. The molecule has 0 aromatic carbocycles. The van der Waals surface area contributed by atoms with Gasteiger partial charge in [0.25, 0.3) is 0 Å². The Morgan fingerprint density at radius 1 is 1.18 bits per heavy atom. The maximum atomic E-state index is 5.37. The van der Waals surface area contributed by atoms with Gasteiger partial charge >= 0.3 is 0 Å². The zero-order valence-corrected chi connectivity index (χ0v) is 13.8. The highest BCUT2D eigenvalue weighted by Crippen LogP contribution is 2.28. The van der Waals surface area contributed by atoms with Crippen LogP contribution in [0.1, 0.15) is 55.6 Å². The topological polar surface area (TPSA) is 72.9 Å². The van der Waals surface area contributed by atoms with Crippen molar-refractivity contribution in [2.75, 3.05) is 6.54 Å². The minimum Gasteiger partial charge on any atom is -0.338 e. The van der Waals surface area contributed by atoms with Crippen LogP contribution in [0.15, 0.2) is 4.52 Å². The Labute approximate surface area is 130 Å². The molecule has 1 aliphatic rings. The van der Waals surface area contributed by atoms with Crippen LogP contribution in [0.3, 0.4) is 0 Å². The Balaban J connectivity index is 1.77. The second-order valence-corrected chi connectivity index (χ2v) is 6.13. The molecule has 0 spiro atoms. The Morgan fingerprint density at radius 3 is 2.64 bits per heavy atom. The van der Waals surface area contributed by atoms with E-state index in [0.717, 1.165) is 31.2 Å². The van der Waals surface area contributed by atoms with Crippen molar-refractivity contribution in [1.29, 1.82) is 0 Å². The van der Waals surface area contributed by atoms with E-state index >= 15 is 0 Å². The van der Waals surface area contributed by atoms with Gasteiger partial charge in [0.1, 0.15) is 11.6 Å². The number of hydrogen-bond donors (Lipinski definition) is 0. The van der Waals surface area contributed by atoms with Crippen molar-refractivity contribution in [1.82, 2.24) is 29.8 Å². The molecule has 7 heteroatoms. The molecular formula is C15H24N6O. The summed E-state index contributed by atoms with van der Waals surface area (Å²) in [5.74, 6) is 3.21. The second kappa shape index (κ2) is 6.16. The van der Waals surface area contributed by atoms with E-state index in [-0.39, 0.29) is 6.04 Å². The first-order valence-corrected chi connectivity index (χ1v) is 7.98. The van der Waals surface area contributed by atoms with Crippen LogP contribution < -0.4 is 0 Å². The van der Waals surface area contributed by atoms with Gasteiger partial charge in [-0.3, -0.25) is 4.90 Å². The number of nitrogens with zero attached hydrogens (tertiary/aromatic N) is 6. The Morgan fingerprint density at radius 2 is 2.00 bits per heavy atom. The van der Waals surface area contributed by atoms with Crippen molar-refractivity contribution in [3.05, 3.63) is 23.4 Å². The van der Waals surface area contributed by atoms with Gasteiger partial charge < -0.3 is 4.52 Å². The van der Waals surface area contributed by atoms with Gasteiger partial charge in [0, 0.05) is 6.04 Å². The lowest BCUT2D eigenvalue weighted by molar-refractivity contribution is 0.0714. The minimum atomic E-state index is 0.136. The number of piperidine rings is 1. The van der Waals surface area contributed by atoms with Crippen molar-refractivity contribution in [3.63, 3.8) is 0 Å². The summed E-state index contributed by atoms with van der Waals surface area (Å²) < 4.78 is 7.39. The molecule has 3 heterocycles. The van der Waals surface area contributed by atoms with Crippen molar-refractivity contribution in [3.8, 4) is 0 Å². The highest BCUT2D eigenvalue weighted by Gasteiger charge is 2.30. The summed E-state index contributed by atoms with van der Waals surface area (Å²) in [5, 5.41) is 8.42. The number of hydrogen-bond acceptors (Lipinski definition) is 6. The first-order chi connectivity index (χ1) is 10.5. The van der Waals surface area contributed by atoms with Crippen LogP contribution in [0.5, 0.6) is 0 Å². The van der Waals surface area contributed by atoms with Crippen LogP contribution in [-0.2, 0) is 6.54 Å². The molecule has 120 valence electrons. The van der Waals surface area contributed by atoms with Crippen LogP contribution >= 0.6 is 0 Å². The lowest BCUT2D eigenvalue weighted by atomic mass is 10.00. The van der Waals surface area contributed by atoms with Gasteiger partial charge in [0.05, 0.1) is 12.6 Å². The Hall–Kier alpha value is -1.76. The van der Waals surface area contributed by atoms with Crippen LogP contribution in [0.2, 0.25) is 0 Å². The summed E-state index contributed by atoms with van der Waals surface area (Å²) >= 11 is 0. The highest BCUT2D eigenvalue weighted by atomic mass is 16.5. The largest absolute Gasteiger partial charge is 0.338 e. The smallest absolute Gasteiger partial charge is 0.243 e.